The Morgan fingerprint density at radius 3 is 2.37 bits per heavy atom. The average Bonchev–Trinajstić information content (AvgIpc) is 2.70. The third-order valence-corrected chi connectivity index (χ3v) is 2.92. The molecule has 1 heterocycles. The highest BCUT2D eigenvalue weighted by atomic mass is 16.3. The van der Waals surface area contributed by atoms with Gasteiger partial charge in [0.1, 0.15) is 0 Å². The van der Waals surface area contributed by atoms with Crippen LogP contribution in [0.5, 0.6) is 0 Å². The summed E-state index contributed by atoms with van der Waals surface area (Å²) in [6.45, 7) is 7.68. The molecule has 0 saturated heterocycles. The number of aromatic nitrogens is 4. The predicted molar refractivity (Wildman–Crippen MR) is 73.4 cm³/mol. The number of hydrogen-bond acceptors (Lipinski definition) is 5. The van der Waals surface area contributed by atoms with Crippen molar-refractivity contribution in [3.63, 3.8) is 0 Å². The molecule has 6 nitrogen and oxygen atoms in total. The molecule has 0 spiro atoms. The molecule has 0 amide bonds. The van der Waals surface area contributed by atoms with E-state index in [4.69, 9.17) is 5.73 Å². The van der Waals surface area contributed by atoms with Gasteiger partial charge in [0.2, 0.25) is 0 Å². The normalized spacial score (nSPS) is 11.8. The molecule has 0 atom stereocenters. The van der Waals surface area contributed by atoms with E-state index in [0.717, 1.165) is 22.4 Å². The van der Waals surface area contributed by atoms with Gasteiger partial charge in [0.05, 0.1) is 12.1 Å². The highest BCUT2D eigenvalue weighted by molar-refractivity contribution is 5.65. The summed E-state index contributed by atoms with van der Waals surface area (Å²) in [5, 5.41) is 21.5. The Labute approximate surface area is 112 Å². The predicted octanol–water partition coefficient (Wildman–Crippen LogP) is 1.31. The molecule has 102 valence electrons. The van der Waals surface area contributed by atoms with E-state index < -0.39 is 5.60 Å². The number of rotatable bonds is 3. The molecule has 0 saturated carbocycles. The molecule has 0 aliphatic carbocycles. The lowest BCUT2D eigenvalue weighted by Crippen LogP contribution is -2.27. The summed E-state index contributed by atoms with van der Waals surface area (Å²) >= 11 is 0. The van der Waals surface area contributed by atoms with Gasteiger partial charge in [0, 0.05) is 11.3 Å². The maximum Gasteiger partial charge on any atom is 0.182 e. The van der Waals surface area contributed by atoms with E-state index in [1.165, 1.54) is 0 Å². The lowest BCUT2D eigenvalue weighted by Gasteiger charge is -2.17. The van der Waals surface area contributed by atoms with Crippen LogP contribution in [0.2, 0.25) is 0 Å². The van der Waals surface area contributed by atoms with Gasteiger partial charge >= 0.3 is 0 Å². The topological polar surface area (TPSA) is 89.8 Å². The van der Waals surface area contributed by atoms with E-state index >= 15 is 0 Å². The highest BCUT2D eigenvalue weighted by Gasteiger charge is 2.19. The van der Waals surface area contributed by atoms with Crippen LogP contribution in [0.3, 0.4) is 0 Å². The van der Waals surface area contributed by atoms with Crippen molar-refractivity contribution in [1.29, 1.82) is 0 Å². The van der Waals surface area contributed by atoms with Crippen LogP contribution in [0.15, 0.2) is 12.1 Å². The minimum absolute atomic E-state index is 0.331. The van der Waals surface area contributed by atoms with Gasteiger partial charge in [-0.1, -0.05) is 0 Å². The third-order valence-electron chi connectivity index (χ3n) is 2.92. The van der Waals surface area contributed by atoms with E-state index in [-0.39, 0.29) is 0 Å². The van der Waals surface area contributed by atoms with Crippen LogP contribution in [0.4, 0.5) is 5.69 Å². The fourth-order valence-corrected chi connectivity index (χ4v) is 1.99. The average molecular weight is 261 g/mol. The van der Waals surface area contributed by atoms with Crippen LogP contribution in [0, 0.1) is 13.8 Å². The molecule has 0 unspecified atom stereocenters. The minimum atomic E-state index is -0.873. The van der Waals surface area contributed by atoms with E-state index in [2.05, 4.69) is 15.5 Å². The first-order valence-electron chi connectivity index (χ1n) is 6.13. The van der Waals surface area contributed by atoms with Crippen LogP contribution in [0.1, 0.15) is 25.0 Å². The molecule has 3 N–H and O–H groups in total. The number of anilines is 1. The van der Waals surface area contributed by atoms with E-state index in [1.807, 2.05) is 26.0 Å². The van der Waals surface area contributed by atoms with Gasteiger partial charge in [-0.3, -0.25) is 0 Å². The van der Waals surface area contributed by atoms with Crippen molar-refractivity contribution >= 4 is 5.69 Å². The summed E-state index contributed by atoms with van der Waals surface area (Å²) < 4.78 is 1.60. The van der Waals surface area contributed by atoms with Gasteiger partial charge in [-0.15, -0.1) is 5.10 Å². The van der Waals surface area contributed by atoms with Gasteiger partial charge in [-0.25, -0.2) is 4.68 Å². The smallest absolute Gasteiger partial charge is 0.182 e. The van der Waals surface area contributed by atoms with Crippen LogP contribution < -0.4 is 5.73 Å². The van der Waals surface area contributed by atoms with Crippen LogP contribution in [0.25, 0.3) is 11.4 Å². The molecular formula is C13H19N5O. The Kier molecular flexibility index (Phi) is 3.28. The summed E-state index contributed by atoms with van der Waals surface area (Å²) in [6, 6.07) is 3.91. The first kappa shape index (κ1) is 13.5. The second-order valence-electron chi connectivity index (χ2n) is 5.50. The molecule has 2 aromatic rings. The molecule has 19 heavy (non-hydrogen) atoms. The molecule has 0 bridgehead atoms. The van der Waals surface area contributed by atoms with E-state index in [0.29, 0.717) is 12.4 Å². The largest absolute Gasteiger partial charge is 0.398 e. The minimum Gasteiger partial charge on any atom is -0.398 e. The summed E-state index contributed by atoms with van der Waals surface area (Å²) in [6.07, 6.45) is 0. The van der Waals surface area contributed by atoms with Crippen LogP contribution in [-0.2, 0) is 6.54 Å². The van der Waals surface area contributed by atoms with E-state index in [9.17, 15) is 5.11 Å². The molecule has 0 radical (unpaired) electrons. The van der Waals surface area contributed by atoms with Gasteiger partial charge in [0.25, 0.3) is 0 Å². The second-order valence-corrected chi connectivity index (χ2v) is 5.50. The highest BCUT2D eigenvalue weighted by Crippen LogP contribution is 2.25. The molecule has 1 aromatic heterocycles. The van der Waals surface area contributed by atoms with Gasteiger partial charge in [-0.2, -0.15) is 0 Å². The van der Waals surface area contributed by atoms with Crippen molar-refractivity contribution in [3.05, 3.63) is 23.3 Å². The summed E-state index contributed by atoms with van der Waals surface area (Å²) in [7, 11) is 0. The first-order chi connectivity index (χ1) is 8.78. The van der Waals surface area contributed by atoms with Crippen molar-refractivity contribution in [1.82, 2.24) is 20.2 Å². The van der Waals surface area contributed by atoms with Gasteiger partial charge in [-0.05, 0) is 61.4 Å². The van der Waals surface area contributed by atoms with Crippen LogP contribution >= 0.6 is 0 Å². The molecule has 2 rings (SSSR count). The Morgan fingerprint density at radius 2 is 1.84 bits per heavy atom. The fraction of sp³-hybridized carbons (Fsp3) is 0.462. The van der Waals surface area contributed by atoms with Crippen molar-refractivity contribution in [2.45, 2.75) is 39.8 Å². The Hall–Kier alpha value is -1.95. The van der Waals surface area contributed by atoms with Crippen molar-refractivity contribution < 1.29 is 5.11 Å². The quantitative estimate of drug-likeness (QED) is 0.813. The Morgan fingerprint density at radius 1 is 1.26 bits per heavy atom. The van der Waals surface area contributed by atoms with Crippen molar-refractivity contribution in [2.24, 2.45) is 0 Å². The van der Waals surface area contributed by atoms with Crippen LogP contribution in [-0.4, -0.2) is 30.9 Å². The number of nitrogens with zero attached hydrogens (tertiary/aromatic N) is 4. The zero-order valence-corrected chi connectivity index (χ0v) is 11.7. The number of benzene rings is 1. The number of aliphatic hydroxyl groups is 1. The molecule has 0 aliphatic rings. The zero-order chi connectivity index (χ0) is 14.2. The molecule has 1 aromatic carbocycles. The lowest BCUT2D eigenvalue weighted by molar-refractivity contribution is 0.0576. The number of tetrazole rings is 1. The third kappa shape index (κ3) is 2.90. The second kappa shape index (κ2) is 4.62. The lowest BCUT2D eigenvalue weighted by atomic mass is 10.0. The number of hydrogen-bond donors (Lipinski definition) is 2. The Balaban J connectivity index is 2.46. The first-order valence-corrected chi connectivity index (χ1v) is 6.13. The molecule has 0 fully saturated rings. The standard InChI is InChI=1S/C13H19N5O/c1-8-5-10(6-9(2)11(8)14)12-15-16-17-18(12)7-13(3,4)19/h5-6,19H,7,14H2,1-4H3. The summed E-state index contributed by atoms with van der Waals surface area (Å²) in [4.78, 5) is 0. The maximum atomic E-state index is 9.88. The van der Waals surface area contributed by atoms with Gasteiger partial charge < -0.3 is 10.8 Å². The molecular weight excluding hydrogens is 242 g/mol. The van der Waals surface area contributed by atoms with Crippen molar-refractivity contribution in [3.8, 4) is 11.4 Å². The number of nitrogens with two attached hydrogens (primary N) is 1. The SMILES string of the molecule is Cc1cc(-c2nnnn2CC(C)(C)O)cc(C)c1N. The zero-order valence-electron chi connectivity index (χ0n) is 11.7. The summed E-state index contributed by atoms with van der Waals surface area (Å²) in [5.74, 6) is 0.633. The molecule has 0 aliphatic heterocycles. The van der Waals surface area contributed by atoms with Crippen molar-refractivity contribution in [2.75, 3.05) is 5.73 Å². The maximum absolute atomic E-state index is 9.88. The molecule has 6 heteroatoms. The van der Waals surface area contributed by atoms with E-state index in [1.54, 1.807) is 18.5 Å². The number of nitrogen functional groups attached to an aromatic ring is 1. The number of aryl methyl sites for hydroxylation is 2. The Bertz CT molecular complexity index is 574. The van der Waals surface area contributed by atoms with Gasteiger partial charge in [0.15, 0.2) is 5.82 Å². The summed E-state index contributed by atoms with van der Waals surface area (Å²) in [5.41, 5.74) is 8.74. The fourth-order valence-electron chi connectivity index (χ4n) is 1.99. The monoisotopic (exact) mass is 261 g/mol.